The minimum atomic E-state index is -1.02. The van der Waals surface area contributed by atoms with Gasteiger partial charge in [0.2, 0.25) is 0 Å². The Hall–Kier alpha value is -3.74. The van der Waals surface area contributed by atoms with E-state index in [1.807, 2.05) is 12.1 Å². The minimum absolute atomic E-state index is 0.158. The van der Waals surface area contributed by atoms with Gasteiger partial charge in [-0.05, 0) is 47.5 Å². The highest BCUT2D eigenvalue weighted by atomic mass is 16.4. The average molecular weight is 346 g/mol. The van der Waals surface area contributed by atoms with E-state index in [-0.39, 0.29) is 11.1 Å². The van der Waals surface area contributed by atoms with E-state index in [0.29, 0.717) is 22.4 Å². The number of nitrogens with zero attached hydrogens (tertiary/aromatic N) is 3. The normalized spacial score (nSPS) is 11.0. The molecule has 0 amide bonds. The quantitative estimate of drug-likeness (QED) is 0.594. The summed E-state index contributed by atoms with van der Waals surface area (Å²) in [6.07, 6.45) is 5.13. The summed E-state index contributed by atoms with van der Waals surface area (Å²) < 4.78 is 1.50. The van der Waals surface area contributed by atoms with Gasteiger partial charge in [-0.1, -0.05) is 0 Å². The van der Waals surface area contributed by atoms with Crippen LogP contribution in [0.3, 0.4) is 0 Å². The third kappa shape index (κ3) is 2.65. The van der Waals surface area contributed by atoms with Crippen LogP contribution in [0.2, 0.25) is 0 Å². The van der Waals surface area contributed by atoms with Crippen LogP contribution in [-0.4, -0.2) is 30.6 Å². The van der Waals surface area contributed by atoms with E-state index in [4.69, 9.17) is 5.11 Å². The average Bonchev–Trinajstić information content (AvgIpc) is 3.07. The summed E-state index contributed by atoms with van der Waals surface area (Å²) in [5, 5.41) is 9.12. The summed E-state index contributed by atoms with van der Waals surface area (Å²) in [7, 11) is 1.68. The number of carbonyl (C=O) groups is 1. The van der Waals surface area contributed by atoms with Crippen molar-refractivity contribution in [3.8, 4) is 22.5 Å². The molecule has 0 saturated heterocycles. The first-order valence-corrected chi connectivity index (χ1v) is 7.87. The van der Waals surface area contributed by atoms with E-state index in [0.717, 1.165) is 11.1 Å². The van der Waals surface area contributed by atoms with Crippen molar-refractivity contribution in [3.05, 3.63) is 70.9 Å². The van der Waals surface area contributed by atoms with Gasteiger partial charge in [0.05, 0.1) is 22.2 Å². The van der Waals surface area contributed by atoms with Crippen LogP contribution in [0, 0.1) is 0 Å². The van der Waals surface area contributed by atoms with Crippen LogP contribution >= 0.6 is 0 Å². The van der Waals surface area contributed by atoms with E-state index < -0.39 is 5.97 Å². The number of fused-ring (bicyclic) bond motifs is 1. The molecule has 26 heavy (non-hydrogen) atoms. The Morgan fingerprint density at radius 2 is 1.88 bits per heavy atom. The van der Waals surface area contributed by atoms with E-state index in [1.165, 1.54) is 16.7 Å². The number of benzene rings is 1. The number of imidazole rings is 1. The first-order chi connectivity index (χ1) is 12.5. The summed E-state index contributed by atoms with van der Waals surface area (Å²) in [6, 6.07) is 10.1. The second-order valence-corrected chi connectivity index (χ2v) is 5.92. The van der Waals surface area contributed by atoms with Crippen molar-refractivity contribution in [1.82, 2.24) is 19.5 Å². The monoisotopic (exact) mass is 346 g/mol. The highest BCUT2D eigenvalue weighted by Crippen LogP contribution is 2.24. The van der Waals surface area contributed by atoms with Crippen LogP contribution < -0.4 is 5.56 Å². The third-order valence-electron chi connectivity index (χ3n) is 4.18. The van der Waals surface area contributed by atoms with Crippen LogP contribution in [0.4, 0.5) is 0 Å². The number of hydrogen-bond acceptors (Lipinski definition) is 4. The van der Waals surface area contributed by atoms with Crippen molar-refractivity contribution in [2.24, 2.45) is 7.05 Å². The molecule has 0 atom stereocenters. The number of aromatic carboxylic acids is 1. The number of aryl methyl sites for hydroxylation is 1. The minimum Gasteiger partial charge on any atom is -0.478 e. The Morgan fingerprint density at radius 3 is 2.62 bits per heavy atom. The van der Waals surface area contributed by atoms with Crippen LogP contribution in [-0.2, 0) is 7.05 Å². The first-order valence-electron chi connectivity index (χ1n) is 7.87. The molecule has 0 unspecified atom stereocenters. The lowest BCUT2D eigenvalue weighted by Crippen LogP contribution is -2.18. The highest BCUT2D eigenvalue weighted by molar-refractivity contribution is 5.93. The molecule has 3 heterocycles. The van der Waals surface area contributed by atoms with Crippen molar-refractivity contribution in [2.45, 2.75) is 0 Å². The molecule has 4 rings (SSSR count). The first kappa shape index (κ1) is 15.8. The lowest BCUT2D eigenvalue weighted by molar-refractivity contribution is 0.0697. The van der Waals surface area contributed by atoms with Gasteiger partial charge in [-0.3, -0.25) is 9.78 Å². The standard InChI is InChI=1S/C19H14N4O3/c1-23-10-13(11-4-6-20-7-5-11)8-14(18(23)24)17-21-15-3-2-12(19(25)26)9-16(15)22-17/h2-10H,1H3,(H,21,22)(H,25,26). The summed E-state index contributed by atoms with van der Waals surface area (Å²) in [5.41, 5.74) is 3.33. The van der Waals surface area contributed by atoms with Crippen molar-refractivity contribution in [2.75, 3.05) is 0 Å². The Kier molecular flexibility index (Phi) is 3.62. The van der Waals surface area contributed by atoms with Gasteiger partial charge >= 0.3 is 5.97 Å². The molecule has 0 bridgehead atoms. The molecule has 1 aromatic carbocycles. The predicted octanol–water partition coefficient (Wildman–Crippen LogP) is 2.69. The Bertz CT molecular complexity index is 1190. The zero-order valence-electron chi connectivity index (χ0n) is 13.8. The number of carboxylic acid groups (broad SMARTS) is 1. The van der Waals surface area contributed by atoms with Crippen molar-refractivity contribution in [3.63, 3.8) is 0 Å². The lowest BCUT2D eigenvalue weighted by Gasteiger charge is -2.07. The number of H-pyrrole nitrogens is 1. The van der Waals surface area contributed by atoms with Gasteiger partial charge in [0.25, 0.3) is 5.56 Å². The molecule has 2 N–H and O–H groups in total. The fraction of sp³-hybridized carbons (Fsp3) is 0.0526. The molecule has 0 aliphatic carbocycles. The Balaban J connectivity index is 1.90. The maximum atomic E-state index is 12.6. The Labute approximate surface area is 147 Å². The molecule has 4 aromatic rings. The largest absolute Gasteiger partial charge is 0.478 e. The van der Waals surface area contributed by atoms with E-state index >= 15 is 0 Å². The molecule has 0 saturated carbocycles. The number of pyridine rings is 2. The topological polar surface area (TPSA) is 101 Å². The van der Waals surface area contributed by atoms with Crippen molar-refractivity contribution < 1.29 is 9.90 Å². The van der Waals surface area contributed by atoms with Crippen LogP contribution in [0.15, 0.2) is 59.8 Å². The number of nitrogens with one attached hydrogen (secondary N) is 1. The molecule has 0 spiro atoms. The van der Waals surface area contributed by atoms with Crippen LogP contribution in [0.25, 0.3) is 33.5 Å². The van der Waals surface area contributed by atoms with Crippen molar-refractivity contribution in [1.29, 1.82) is 0 Å². The molecule has 0 aliphatic heterocycles. The zero-order chi connectivity index (χ0) is 18.3. The summed E-state index contributed by atoms with van der Waals surface area (Å²) in [4.78, 5) is 35.2. The van der Waals surface area contributed by atoms with E-state index in [9.17, 15) is 9.59 Å². The number of carboxylic acids is 1. The van der Waals surface area contributed by atoms with E-state index in [2.05, 4.69) is 15.0 Å². The number of rotatable bonds is 3. The van der Waals surface area contributed by atoms with Gasteiger partial charge in [-0.15, -0.1) is 0 Å². The molecular weight excluding hydrogens is 332 g/mol. The summed E-state index contributed by atoms with van der Waals surface area (Å²) in [6.45, 7) is 0. The number of aromatic nitrogens is 4. The van der Waals surface area contributed by atoms with Gasteiger partial charge in [-0.25, -0.2) is 9.78 Å². The fourth-order valence-corrected chi connectivity index (χ4v) is 2.85. The lowest BCUT2D eigenvalue weighted by atomic mass is 10.1. The van der Waals surface area contributed by atoms with Crippen LogP contribution in [0.1, 0.15) is 10.4 Å². The number of aromatic amines is 1. The molecular formula is C19H14N4O3. The van der Waals surface area contributed by atoms with Gasteiger partial charge in [0.1, 0.15) is 5.82 Å². The predicted molar refractivity (Wildman–Crippen MR) is 97.0 cm³/mol. The van der Waals surface area contributed by atoms with Crippen molar-refractivity contribution >= 4 is 17.0 Å². The molecule has 7 nitrogen and oxygen atoms in total. The molecule has 0 radical (unpaired) electrons. The SMILES string of the molecule is Cn1cc(-c2ccncc2)cc(-c2nc3ccc(C(=O)O)cc3[nH]2)c1=O. The second kappa shape index (κ2) is 5.96. The molecule has 3 aromatic heterocycles. The maximum Gasteiger partial charge on any atom is 0.335 e. The molecule has 7 heteroatoms. The molecule has 0 fully saturated rings. The van der Waals surface area contributed by atoms with E-state index in [1.54, 1.807) is 37.8 Å². The van der Waals surface area contributed by atoms with Gasteiger partial charge in [0, 0.05) is 25.6 Å². The highest BCUT2D eigenvalue weighted by Gasteiger charge is 2.14. The summed E-state index contributed by atoms with van der Waals surface area (Å²) in [5.74, 6) is -0.613. The van der Waals surface area contributed by atoms with Crippen LogP contribution in [0.5, 0.6) is 0 Å². The maximum absolute atomic E-state index is 12.6. The van der Waals surface area contributed by atoms with Gasteiger partial charge in [-0.2, -0.15) is 0 Å². The number of hydrogen-bond donors (Lipinski definition) is 2. The molecule has 128 valence electrons. The smallest absolute Gasteiger partial charge is 0.335 e. The molecule has 0 aliphatic rings. The third-order valence-corrected chi connectivity index (χ3v) is 4.18. The zero-order valence-corrected chi connectivity index (χ0v) is 13.8. The van der Waals surface area contributed by atoms with Gasteiger partial charge in [0.15, 0.2) is 0 Å². The van der Waals surface area contributed by atoms with Gasteiger partial charge < -0.3 is 14.7 Å². The Morgan fingerprint density at radius 1 is 1.12 bits per heavy atom. The second-order valence-electron chi connectivity index (χ2n) is 5.92. The fourth-order valence-electron chi connectivity index (χ4n) is 2.85. The summed E-state index contributed by atoms with van der Waals surface area (Å²) >= 11 is 0.